The Kier molecular flexibility index (Phi) is 5.98. The summed E-state index contributed by atoms with van der Waals surface area (Å²) in [5.74, 6) is 0.708. The molecule has 0 saturated carbocycles. The second-order valence-corrected chi connectivity index (χ2v) is 6.59. The summed E-state index contributed by atoms with van der Waals surface area (Å²) in [7, 11) is 0. The molecule has 22 heavy (non-hydrogen) atoms. The van der Waals surface area contributed by atoms with E-state index in [1.807, 2.05) is 25.1 Å². The Morgan fingerprint density at radius 3 is 2.77 bits per heavy atom. The van der Waals surface area contributed by atoms with E-state index in [-0.39, 0.29) is 18.6 Å². The first-order chi connectivity index (χ1) is 10.5. The summed E-state index contributed by atoms with van der Waals surface area (Å²) in [6, 6.07) is 7.81. The fraction of sp³-hybridized carbons (Fsp3) is 0.611. The molecule has 0 radical (unpaired) electrons. The van der Waals surface area contributed by atoms with Crippen LogP contribution in [0.15, 0.2) is 24.3 Å². The summed E-state index contributed by atoms with van der Waals surface area (Å²) >= 11 is 0. The highest BCUT2D eigenvalue weighted by Crippen LogP contribution is 2.24. The molecule has 1 aromatic rings. The Balaban J connectivity index is 2.02. The predicted octanol–water partition coefficient (Wildman–Crippen LogP) is 2.84. The summed E-state index contributed by atoms with van der Waals surface area (Å²) in [5, 5.41) is 12.4. The number of amides is 1. The van der Waals surface area contributed by atoms with Gasteiger partial charge < -0.3 is 10.4 Å². The molecule has 2 rings (SSSR count). The lowest BCUT2D eigenvalue weighted by molar-refractivity contribution is -0.121. The maximum atomic E-state index is 12.6. The lowest BCUT2D eigenvalue weighted by atomic mass is 9.97. The monoisotopic (exact) mass is 304 g/mol. The van der Waals surface area contributed by atoms with Crippen molar-refractivity contribution < 1.29 is 9.90 Å². The van der Waals surface area contributed by atoms with Gasteiger partial charge in [0.2, 0.25) is 5.91 Å². The molecule has 4 heteroatoms. The number of piperidine rings is 1. The van der Waals surface area contributed by atoms with Crippen molar-refractivity contribution in [1.82, 2.24) is 4.90 Å². The molecule has 0 aromatic heterocycles. The second kappa shape index (κ2) is 7.75. The van der Waals surface area contributed by atoms with Gasteiger partial charge in [0, 0.05) is 18.8 Å². The largest absolute Gasteiger partial charge is 0.396 e. The van der Waals surface area contributed by atoms with Gasteiger partial charge in [-0.25, -0.2) is 0 Å². The molecule has 1 aliphatic heterocycles. The van der Waals surface area contributed by atoms with Crippen LogP contribution in [0.4, 0.5) is 5.69 Å². The maximum absolute atomic E-state index is 12.6. The third-order valence-corrected chi connectivity index (χ3v) is 4.58. The van der Waals surface area contributed by atoms with Crippen LogP contribution in [-0.4, -0.2) is 41.7 Å². The second-order valence-electron chi connectivity index (χ2n) is 6.59. The number of anilines is 1. The lowest BCUT2D eigenvalue weighted by Crippen LogP contribution is -2.47. The molecule has 1 fully saturated rings. The van der Waals surface area contributed by atoms with Crippen LogP contribution in [0.5, 0.6) is 0 Å². The SMILES string of the molecule is CC(C)c1ccccc1NC(=O)C(C)N1CCCC(CO)C1. The molecule has 0 bridgehead atoms. The molecule has 0 aliphatic carbocycles. The summed E-state index contributed by atoms with van der Waals surface area (Å²) in [6.07, 6.45) is 2.10. The van der Waals surface area contributed by atoms with Crippen molar-refractivity contribution in [2.45, 2.75) is 45.6 Å². The van der Waals surface area contributed by atoms with Gasteiger partial charge in [0.15, 0.2) is 0 Å². The summed E-state index contributed by atoms with van der Waals surface area (Å²) in [6.45, 7) is 8.15. The van der Waals surface area contributed by atoms with Gasteiger partial charge in [0.1, 0.15) is 0 Å². The predicted molar refractivity (Wildman–Crippen MR) is 90.0 cm³/mol. The number of hydrogen-bond acceptors (Lipinski definition) is 3. The van der Waals surface area contributed by atoms with Crippen LogP contribution in [0.2, 0.25) is 0 Å². The van der Waals surface area contributed by atoms with Gasteiger partial charge in [0.05, 0.1) is 6.04 Å². The fourth-order valence-corrected chi connectivity index (χ4v) is 3.12. The minimum Gasteiger partial charge on any atom is -0.396 e. The van der Waals surface area contributed by atoms with Crippen molar-refractivity contribution in [3.8, 4) is 0 Å². The molecular formula is C18H28N2O2. The summed E-state index contributed by atoms with van der Waals surface area (Å²) in [5.41, 5.74) is 2.07. The number of carbonyl (C=O) groups excluding carboxylic acids is 1. The van der Waals surface area contributed by atoms with Crippen LogP contribution in [0.25, 0.3) is 0 Å². The Morgan fingerprint density at radius 1 is 1.36 bits per heavy atom. The van der Waals surface area contributed by atoms with Crippen LogP contribution in [0.3, 0.4) is 0 Å². The highest BCUT2D eigenvalue weighted by Gasteiger charge is 2.27. The van der Waals surface area contributed by atoms with Crippen molar-refractivity contribution in [1.29, 1.82) is 0 Å². The third kappa shape index (κ3) is 4.08. The topological polar surface area (TPSA) is 52.6 Å². The zero-order valence-electron chi connectivity index (χ0n) is 13.9. The average Bonchev–Trinajstić information content (AvgIpc) is 2.54. The number of para-hydroxylation sites is 1. The molecule has 0 spiro atoms. The molecule has 122 valence electrons. The van der Waals surface area contributed by atoms with Crippen molar-refractivity contribution in [3.05, 3.63) is 29.8 Å². The number of carbonyl (C=O) groups is 1. The van der Waals surface area contributed by atoms with Gasteiger partial charge in [-0.3, -0.25) is 9.69 Å². The van der Waals surface area contributed by atoms with E-state index in [9.17, 15) is 9.90 Å². The minimum absolute atomic E-state index is 0.0340. The Morgan fingerprint density at radius 2 is 2.09 bits per heavy atom. The molecule has 1 aromatic carbocycles. The first kappa shape index (κ1) is 17.0. The minimum atomic E-state index is -0.172. The number of rotatable bonds is 5. The van der Waals surface area contributed by atoms with Crippen LogP contribution >= 0.6 is 0 Å². The number of aliphatic hydroxyl groups excluding tert-OH is 1. The van der Waals surface area contributed by atoms with Crippen LogP contribution in [0, 0.1) is 5.92 Å². The van der Waals surface area contributed by atoms with Crippen LogP contribution in [-0.2, 0) is 4.79 Å². The van der Waals surface area contributed by atoms with E-state index < -0.39 is 0 Å². The zero-order chi connectivity index (χ0) is 16.1. The van der Waals surface area contributed by atoms with Gasteiger partial charge in [-0.05, 0) is 49.8 Å². The number of nitrogens with zero attached hydrogens (tertiary/aromatic N) is 1. The molecule has 1 saturated heterocycles. The first-order valence-electron chi connectivity index (χ1n) is 8.27. The highest BCUT2D eigenvalue weighted by molar-refractivity contribution is 5.95. The van der Waals surface area contributed by atoms with Crippen molar-refractivity contribution >= 4 is 11.6 Å². The number of hydrogen-bond donors (Lipinski definition) is 2. The van der Waals surface area contributed by atoms with Crippen molar-refractivity contribution in [2.75, 3.05) is 25.0 Å². The molecule has 2 N–H and O–H groups in total. The molecule has 2 unspecified atom stereocenters. The fourth-order valence-electron chi connectivity index (χ4n) is 3.12. The highest BCUT2D eigenvalue weighted by atomic mass is 16.3. The van der Waals surface area contributed by atoms with Gasteiger partial charge in [-0.15, -0.1) is 0 Å². The number of likely N-dealkylation sites (tertiary alicyclic amines) is 1. The van der Waals surface area contributed by atoms with Crippen molar-refractivity contribution in [3.63, 3.8) is 0 Å². The summed E-state index contributed by atoms with van der Waals surface area (Å²) < 4.78 is 0. The van der Waals surface area contributed by atoms with E-state index in [0.29, 0.717) is 11.8 Å². The standard InChI is InChI=1S/C18H28N2O2/c1-13(2)16-8-4-5-9-17(16)19-18(22)14(3)20-10-6-7-15(11-20)12-21/h4-5,8-9,13-15,21H,6-7,10-12H2,1-3H3,(H,19,22). The quantitative estimate of drug-likeness (QED) is 0.879. The average molecular weight is 304 g/mol. The van der Waals surface area contributed by atoms with Gasteiger partial charge in [-0.2, -0.15) is 0 Å². The lowest BCUT2D eigenvalue weighted by Gasteiger charge is -2.35. The number of nitrogens with one attached hydrogen (secondary N) is 1. The maximum Gasteiger partial charge on any atom is 0.241 e. The molecule has 1 aliphatic rings. The Labute approximate surface area is 133 Å². The van der Waals surface area contributed by atoms with Gasteiger partial charge in [-0.1, -0.05) is 32.0 Å². The number of aliphatic hydroxyl groups is 1. The summed E-state index contributed by atoms with van der Waals surface area (Å²) in [4.78, 5) is 14.7. The van der Waals surface area contributed by atoms with E-state index in [0.717, 1.165) is 37.2 Å². The Bertz CT molecular complexity index is 502. The van der Waals surface area contributed by atoms with E-state index in [1.165, 1.54) is 0 Å². The van der Waals surface area contributed by atoms with Gasteiger partial charge in [0.25, 0.3) is 0 Å². The smallest absolute Gasteiger partial charge is 0.241 e. The molecular weight excluding hydrogens is 276 g/mol. The first-order valence-corrected chi connectivity index (χ1v) is 8.27. The molecule has 4 nitrogen and oxygen atoms in total. The molecule has 2 atom stereocenters. The number of benzene rings is 1. The van der Waals surface area contributed by atoms with Crippen molar-refractivity contribution in [2.24, 2.45) is 5.92 Å². The van der Waals surface area contributed by atoms with E-state index >= 15 is 0 Å². The van der Waals surface area contributed by atoms with E-state index in [1.54, 1.807) is 0 Å². The van der Waals surface area contributed by atoms with E-state index in [2.05, 4.69) is 30.1 Å². The van der Waals surface area contributed by atoms with Gasteiger partial charge >= 0.3 is 0 Å². The van der Waals surface area contributed by atoms with Crippen LogP contribution < -0.4 is 5.32 Å². The zero-order valence-corrected chi connectivity index (χ0v) is 13.9. The van der Waals surface area contributed by atoms with E-state index in [4.69, 9.17) is 0 Å². The Hall–Kier alpha value is -1.39. The third-order valence-electron chi connectivity index (χ3n) is 4.58. The molecule has 1 heterocycles. The van der Waals surface area contributed by atoms with Crippen LogP contribution in [0.1, 0.15) is 45.1 Å². The normalized spacial score (nSPS) is 20.9. The molecule has 1 amide bonds.